The van der Waals surface area contributed by atoms with Crippen LogP contribution in [-0.4, -0.2) is 27.0 Å². The molecule has 0 saturated heterocycles. The molecule has 6 nitrogen and oxygen atoms in total. The van der Waals surface area contributed by atoms with Crippen LogP contribution in [0.1, 0.15) is 60.6 Å². The van der Waals surface area contributed by atoms with E-state index in [0.717, 1.165) is 29.7 Å². The standard InChI is InChI=1S/C28H32N2O4S/c1-5-28(6-2)19-24(22-11-8-10-14-26(22)34-28)29-27(31)23-12-7-9-13-25(23)30(4)35(32,33)21-17-15-20(3)16-18-21/h7-18,24H,5-6,19H2,1-4H3,(H,29,31). The van der Waals surface area contributed by atoms with Gasteiger partial charge >= 0.3 is 0 Å². The molecule has 0 aromatic heterocycles. The molecule has 3 aromatic carbocycles. The number of hydrogen-bond acceptors (Lipinski definition) is 4. The van der Waals surface area contributed by atoms with Crippen LogP contribution in [0.25, 0.3) is 0 Å². The molecule has 0 radical (unpaired) electrons. The number of para-hydroxylation sites is 2. The average molecular weight is 493 g/mol. The monoisotopic (exact) mass is 492 g/mol. The summed E-state index contributed by atoms with van der Waals surface area (Å²) in [5, 5.41) is 3.17. The number of aryl methyl sites for hydroxylation is 1. The van der Waals surface area contributed by atoms with Crippen LogP contribution in [0.15, 0.2) is 77.7 Å². The maximum Gasteiger partial charge on any atom is 0.264 e. The van der Waals surface area contributed by atoms with Crippen LogP contribution in [0.3, 0.4) is 0 Å². The molecular weight excluding hydrogens is 460 g/mol. The maximum atomic E-state index is 13.6. The molecule has 1 amide bonds. The number of amides is 1. The first-order chi connectivity index (χ1) is 16.7. The molecule has 1 atom stereocenters. The fourth-order valence-electron chi connectivity index (χ4n) is 4.60. The zero-order valence-electron chi connectivity index (χ0n) is 20.6. The second-order valence-electron chi connectivity index (χ2n) is 9.06. The first kappa shape index (κ1) is 24.8. The van der Waals surface area contributed by atoms with Gasteiger partial charge in [-0.25, -0.2) is 8.42 Å². The molecule has 1 aliphatic heterocycles. The van der Waals surface area contributed by atoms with Gasteiger partial charge in [-0.1, -0.05) is 61.9 Å². The number of fused-ring (bicyclic) bond motifs is 1. The van der Waals surface area contributed by atoms with Gasteiger partial charge in [0.05, 0.1) is 22.2 Å². The second kappa shape index (κ2) is 9.74. The van der Waals surface area contributed by atoms with Gasteiger partial charge in [0.15, 0.2) is 0 Å². The molecule has 1 unspecified atom stereocenters. The number of ether oxygens (including phenoxy) is 1. The van der Waals surface area contributed by atoms with Crippen LogP contribution in [0.4, 0.5) is 5.69 Å². The Morgan fingerprint density at radius 3 is 2.31 bits per heavy atom. The van der Waals surface area contributed by atoms with Gasteiger partial charge in [-0.05, 0) is 50.1 Å². The van der Waals surface area contributed by atoms with E-state index in [0.29, 0.717) is 17.7 Å². The summed E-state index contributed by atoms with van der Waals surface area (Å²) in [7, 11) is -2.36. The Labute approximate surface area is 208 Å². The Kier molecular flexibility index (Phi) is 6.90. The van der Waals surface area contributed by atoms with Gasteiger partial charge < -0.3 is 10.1 Å². The summed E-state index contributed by atoms with van der Waals surface area (Å²) in [6.07, 6.45) is 2.28. The predicted molar refractivity (Wildman–Crippen MR) is 138 cm³/mol. The molecule has 0 fully saturated rings. The summed E-state index contributed by atoms with van der Waals surface area (Å²) in [5.74, 6) is 0.453. The molecule has 1 heterocycles. The molecule has 0 saturated carbocycles. The number of carbonyl (C=O) groups is 1. The van der Waals surface area contributed by atoms with Crippen molar-refractivity contribution in [2.75, 3.05) is 11.4 Å². The summed E-state index contributed by atoms with van der Waals surface area (Å²) >= 11 is 0. The van der Waals surface area contributed by atoms with E-state index < -0.39 is 10.0 Å². The molecular formula is C28H32N2O4S. The summed E-state index contributed by atoms with van der Waals surface area (Å²) in [4.78, 5) is 13.7. The van der Waals surface area contributed by atoms with E-state index in [4.69, 9.17) is 4.74 Å². The van der Waals surface area contributed by atoms with Crippen LogP contribution >= 0.6 is 0 Å². The zero-order chi connectivity index (χ0) is 25.2. The lowest BCUT2D eigenvalue weighted by Crippen LogP contribution is -2.44. The van der Waals surface area contributed by atoms with Crippen LogP contribution in [-0.2, 0) is 10.0 Å². The van der Waals surface area contributed by atoms with E-state index >= 15 is 0 Å². The van der Waals surface area contributed by atoms with Crippen molar-refractivity contribution in [3.05, 3.63) is 89.5 Å². The fourth-order valence-corrected chi connectivity index (χ4v) is 5.82. The number of sulfonamides is 1. The Balaban J connectivity index is 1.66. The first-order valence-electron chi connectivity index (χ1n) is 11.9. The smallest absolute Gasteiger partial charge is 0.264 e. The van der Waals surface area contributed by atoms with Crippen molar-refractivity contribution >= 4 is 21.6 Å². The number of hydrogen-bond donors (Lipinski definition) is 1. The van der Waals surface area contributed by atoms with E-state index in [9.17, 15) is 13.2 Å². The first-order valence-corrected chi connectivity index (χ1v) is 13.4. The van der Waals surface area contributed by atoms with Crippen molar-refractivity contribution < 1.29 is 17.9 Å². The average Bonchev–Trinajstić information content (AvgIpc) is 2.88. The third-order valence-corrected chi connectivity index (χ3v) is 8.74. The highest BCUT2D eigenvalue weighted by molar-refractivity contribution is 7.92. The van der Waals surface area contributed by atoms with Crippen LogP contribution in [0.5, 0.6) is 5.75 Å². The Morgan fingerprint density at radius 2 is 1.63 bits per heavy atom. The second-order valence-corrected chi connectivity index (χ2v) is 11.0. The van der Waals surface area contributed by atoms with Crippen molar-refractivity contribution in [1.29, 1.82) is 0 Å². The van der Waals surface area contributed by atoms with Gasteiger partial charge in [-0.3, -0.25) is 9.10 Å². The van der Waals surface area contributed by atoms with Gasteiger partial charge in [0, 0.05) is 19.0 Å². The van der Waals surface area contributed by atoms with Crippen molar-refractivity contribution in [3.63, 3.8) is 0 Å². The zero-order valence-corrected chi connectivity index (χ0v) is 21.4. The number of anilines is 1. The van der Waals surface area contributed by atoms with Crippen LogP contribution in [0, 0.1) is 6.92 Å². The van der Waals surface area contributed by atoms with Crippen molar-refractivity contribution in [2.45, 2.75) is 56.6 Å². The molecule has 4 rings (SSSR count). The highest BCUT2D eigenvalue weighted by Crippen LogP contribution is 2.43. The molecule has 3 aromatic rings. The summed E-state index contributed by atoms with van der Waals surface area (Å²) < 4.78 is 34.2. The molecule has 1 N–H and O–H groups in total. The summed E-state index contributed by atoms with van der Waals surface area (Å²) in [6, 6.07) is 21.0. The van der Waals surface area contributed by atoms with Crippen molar-refractivity contribution in [3.8, 4) is 5.75 Å². The van der Waals surface area contributed by atoms with Gasteiger partial charge in [0.25, 0.3) is 15.9 Å². The molecule has 0 spiro atoms. The Hall–Kier alpha value is -3.32. The third kappa shape index (κ3) is 4.78. The quantitative estimate of drug-likeness (QED) is 0.464. The van der Waals surface area contributed by atoms with E-state index in [1.807, 2.05) is 31.2 Å². The van der Waals surface area contributed by atoms with E-state index in [-0.39, 0.29) is 22.4 Å². The number of nitrogens with one attached hydrogen (secondary N) is 1. The Bertz CT molecular complexity index is 1310. The number of carbonyl (C=O) groups excluding carboxylic acids is 1. The lowest BCUT2D eigenvalue weighted by atomic mass is 9.83. The molecule has 35 heavy (non-hydrogen) atoms. The third-order valence-electron chi connectivity index (χ3n) is 6.96. The Morgan fingerprint density at radius 1 is 1.00 bits per heavy atom. The largest absolute Gasteiger partial charge is 0.487 e. The van der Waals surface area contributed by atoms with Gasteiger partial charge in [0.2, 0.25) is 0 Å². The van der Waals surface area contributed by atoms with Crippen LogP contribution in [0.2, 0.25) is 0 Å². The molecule has 7 heteroatoms. The fraction of sp³-hybridized carbons (Fsp3) is 0.321. The minimum Gasteiger partial charge on any atom is -0.487 e. The number of benzene rings is 3. The SMILES string of the molecule is CCC1(CC)CC(NC(=O)c2ccccc2N(C)S(=O)(=O)c2ccc(C)cc2)c2ccccc2O1. The maximum absolute atomic E-state index is 13.6. The number of rotatable bonds is 7. The molecule has 0 aliphatic carbocycles. The van der Waals surface area contributed by atoms with Crippen molar-refractivity contribution in [1.82, 2.24) is 5.32 Å². The minimum atomic E-state index is -3.84. The number of nitrogens with zero attached hydrogens (tertiary/aromatic N) is 1. The van der Waals surface area contributed by atoms with Gasteiger partial charge in [-0.2, -0.15) is 0 Å². The molecule has 184 valence electrons. The summed E-state index contributed by atoms with van der Waals surface area (Å²) in [6.45, 7) is 6.09. The van der Waals surface area contributed by atoms with E-state index in [1.165, 1.54) is 11.4 Å². The van der Waals surface area contributed by atoms with E-state index in [1.54, 1.807) is 48.5 Å². The van der Waals surface area contributed by atoms with Gasteiger partial charge in [0.1, 0.15) is 11.4 Å². The van der Waals surface area contributed by atoms with Gasteiger partial charge in [-0.15, -0.1) is 0 Å². The van der Waals surface area contributed by atoms with Crippen LogP contribution < -0.4 is 14.4 Å². The highest BCUT2D eigenvalue weighted by atomic mass is 32.2. The highest BCUT2D eigenvalue weighted by Gasteiger charge is 2.39. The lowest BCUT2D eigenvalue weighted by Gasteiger charge is -2.41. The molecule has 0 bridgehead atoms. The molecule has 1 aliphatic rings. The summed E-state index contributed by atoms with van der Waals surface area (Å²) in [5.41, 5.74) is 2.16. The van der Waals surface area contributed by atoms with Crippen molar-refractivity contribution in [2.24, 2.45) is 0 Å². The predicted octanol–water partition coefficient (Wildman–Crippen LogP) is 5.63. The van der Waals surface area contributed by atoms with E-state index in [2.05, 4.69) is 19.2 Å². The lowest BCUT2D eigenvalue weighted by molar-refractivity contribution is 0.0227. The minimum absolute atomic E-state index is 0.176. The topological polar surface area (TPSA) is 75.7 Å². The normalized spacial score (nSPS) is 16.6.